The lowest BCUT2D eigenvalue weighted by Gasteiger charge is -2.50. The Labute approximate surface area is 304 Å². The maximum atomic E-state index is 15.0. The van der Waals surface area contributed by atoms with Crippen molar-refractivity contribution in [2.75, 3.05) is 9.80 Å². The standard InChI is InChI=1S/C39H25Cl2F2N3O6/c40-38-18-26-24(32(20-7-16-29(47)27(43)17-20)39(38,41)37(51)46(36(38)50)23-12-8-21(42)9-13-23)14-15-25-31(26)35(49)45(34(25)48)22-10-5-19(6-11-22)33-44-28-3-1-2-4-30(28)52-33/h1-14,16-17,25-26,31-32,47H,15,18H2/t25-,26+,31-,32-,38+,39-/m0/s1. The fourth-order valence-electron chi connectivity index (χ4n) is 8.48. The van der Waals surface area contributed by atoms with Crippen LogP contribution in [-0.4, -0.2) is 43.5 Å². The molecule has 0 unspecified atom stereocenters. The van der Waals surface area contributed by atoms with Gasteiger partial charge in [-0.05, 0) is 97.1 Å². The number of aromatic hydroxyl groups is 1. The maximum absolute atomic E-state index is 15.0. The number of aromatic nitrogens is 1. The summed E-state index contributed by atoms with van der Waals surface area (Å²) >= 11 is 14.6. The third-order valence-electron chi connectivity index (χ3n) is 10.9. The van der Waals surface area contributed by atoms with Crippen LogP contribution in [0.5, 0.6) is 5.75 Å². The van der Waals surface area contributed by atoms with Crippen LogP contribution in [0.25, 0.3) is 22.6 Å². The van der Waals surface area contributed by atoms with E-state index in [9.17, 15) is 33.1 Å². The Morgan fingerprint density at radius 3 is 2.21 bits per heavy atom. The van der Waals surface area contributed by atoms with Crippen molar-refractivity contribution in [1.29, 1.82) is 0 Å². The number of phenols is 1. The SMILES string of the molecule is O=C1[C@H]2[C@H](CC=C3[C@H]2C[C@@]2(Cl)C(=O)N(c4ccc(F)cc4)C(=O)[C@@]2(Cl)[C@H]3c2ccc(O)c(F)c2)C(=O)N1c1ccc(-c2nc3ccccc3o2)cc1. The number of amides is 4. The zero-order valence-electron chi connectivity index (χ0n) is 26.8. The number of para-hydroxylation sites is 2. The van der Waals surface area contributed by atoms with E-state index in [1.54, 1.807) is 36.4 Å². The average molecular weight is 741 g/mol. The number of hydrogen-bond acceptors (Lipinski definition) is 7. The Balaban J connectivity index is 1.12. The van der Waals surface area contributed by atoms with Crippen molar-refractivity contribution >= 4 is 69.3 Å². The molecule has 9 nitrogen and oxygen atoms in total. The number of oxazole rings is 1. The van der Waals surface area contributed by atoms with E-state index in [-0.39, 0.29) is 24.1 Å². The second kappa shape index (κ2) is 11.3. The van der Waals surface area contributed by atoms with Crippen LogP contribution < -0.4 is 9.80 Å². The molecule has 0 radical (unpaired) electrons. The van der Waals surface area contributed by atoms with Gasteiger partial charge in [-0.1, -0.05) is 29.8 Å². The minimum absolute atomic E-state index is 0.0240. The Morgan fingerprint density at radius 2 is 1.50 bits per heavy atom. The van der Waals surface area contributed by atoms with E-state index in [4.69, 9.17) is 27.6 Å². The topological polar surface area (TPSA) is 121 Å². The van der Waals surface area contributed by atoms with Crippen molar-refractivity contribution < 1.29 is 37.5 Å². The van der Waals surface area contributed by atoms with Gasteiger partial charge in [-0.3, -0.25) is 24.1 Å². The predicted octanol–water partition coefficient (Wildman–Crippen LogP) is 7.25. The molecule has 6 atom stereocenters. The normalized spacial score (nSPS) is 28.3. The summed E-state index contributed by atoms with van der Waals surface area (Å²) in [5.41, 5.74) is 2.86. The van der Waals surface area contributed by atoms with Crippen LogP contribution in [0, 0.1) is 29.4 Å². The second-order valence-corrected chi connectivity index (χ2v) is 14.7. The van der Waals surface area contributed by atoms with Crippen LogP contribution in [0.15, 0.2) is 107 Å². The van der Waals surface area contributed by atoms with E-state index in [1.807, 2.05) is 18.2 Å². The molecule has 2 saturated heterocycles. The number of anilines is 2. The molecule has 4 aromatic carbocycles. The van der Waals surface area contributed by atoms with Crippen LogP contribution in [-0.2, 0) is 19.2 Å². The number of carbonyl (C=O) groups excluding carboxylic acids is 4. The summed E-state index contributed by atoms with van der Waals surface area (Å²) in [5.74, 6) is -8.58. The van der Waals surface area contributed by atoms with Crippen LogP contribution in [0.1, 0.15) is 24.3 Å². The first-order valence-corrected chi connectivity index (χ1v) is 17.2. The molecule has 9 rings (SSSR count). The molecule has 0 bridgehead atoms. The highest BCUT2D eigenvalue weighted by atomic mass is 35.5. The van der Waals surface area contributed by atoms with E-state index in [1.165, 1.54) is 18.2 Å². The molecule has 3 fully saturated rings. The molecule has 3 heterocycles. The van der Waals surface area contributed by atoms with Gasteiger partial charge in [-0.15, -0.1) is 23.2 Å². The number of nitrogens with zero attached hydrogens (tertiary/aromatic N) is 3. The number of alkyl halides is 2. The molecule has 52 heavy (non-hydrogen) atoms. The van der Waals surface area contributed by atoms with Gasteiger partial charge >= 0.3 is 0 Å². The van der Waals surface area contributed by atoms with Gasteiger partial charge in [-0.25, -0.2) is 18.7 Å². The summed E-state index contributed by atoms with van der Waals surface area (Å²) in [5, 5.41) is 10.0. The van der Waals surface area contributed by atoms with E-state index >= 15 is 0 Å². The fraction of sp³-hybridized carbons (Fsp3) is 0.205. The van der Waals surface area contributed by atoms with Gasteiger partial charge in [0, 0.05) is 11.5 Å². The number of rotatable bonds is 4. The zero-order valence-corrected chi connectivity index (χ0v) is 28.3. The molecular weight excluding hydrogens is 715 g/mol. The molecule has 4 amide bonds. The fourth-order valence-corrected chi connectivity index (χ4v) is 9.41. The smallest absolute Gasteiger partial charge is 0.258 e. The summed E-state index contributed by atoms with van der Waals surface area (Å²) in [6.45, 7) is 0. The van der Waals surface area contributed by atoms with Gasteiger partial charge in [0.15, 0.2) is 26.9 Å². The number of benzene rings is 4. The van der Waals surface area contributed by atoms with Crippen molar-refractivity contribution in [1.82, 2.24) is 4.98 Å². The maximum Gasteiger partial charge on any atom is 0.258 e. The van der Waals surface area contributed by atoms with E-state index in [0.717, 1.165) is 34.1 Å². The van der Waals surface area contributed by atoms with E-state index in [0.29, 0.717) is 33.8 Å². The highest BCUT2D eigenvalue weighted by molar-refractivity contribution is 6.58. The molecule has 2 aliphatic carbocycles. The molecule has 13 heteroatoms. The Kier molecular flexibility index (Phi) is 7.07. The molecule has 1 N–H and O–H groups in total. The highest BCUT2D eigenvalue weighted by Crippen LogP contribution is 2.66. The van der Waals surface area contributed by atoms with E-state index < -0.39 is 74.4 Å². The minimum Gasteiger partial charge on any atom is -0.505 e. The first kappa shape index (κ1) is 32.5. The summed E-state index contributed by atoms with van der Waals surface area (Å²) in [6.07, 6.45) is 1.53. The van der Waals surface area contributed by atoms with Gasteiger partial charge in [0.1, 0.15) is 11.3 Å². The lowest BCUT2D eigenvalue weighted by atomic mass is 9.56. The van der Waals surface area contributed by atoms with Gasteiger partial charge in [0.2, 0.25) is 17.7 Å². The average Bonchev–Trinajstić information content (AvgIpc) is 3.73. The molecule has 2 aliphatic heterocycles. The highest BCUT2D eigenvalue weighted by Gasteiger charge is 2.76. The number of carbonyl (C=O) groups is 4. The second-order valence-electron chi connectivity index (χ2n) is 13.5. The first-order valence-electron chi connectivity index (χ1n) is 16.5. The molecule has 4 aliphatic rings. The number of halogens is 4. The summed E-state index contributed by atoms with van der Waals surface area (Å²) in [7, 11) is 0. The lowest BCUT2D eigenvalue weighted by molar-refractivity contribution is -0.125. The quantitative estimate of drug-likeness (QED) is 0.117. The van der Waals surface area contributed by atoms with Crippen molar-refractivity contribution in [3.05, 3.63) is 120 Å². The number of imide groups is 2. The summed E-state index contributed by atoms with van der Waals surface area (Å²) in [6, 6.07) is 22.1. The summed E-state index contributed by atoms with van der Waals surface area (Å²) in [4.78, 5) is 59.3. The van der Waals surface area contributed by atoms with Crippen LogP contribution in [0.4, 0.5) is 20.2 Å². The molecule has 5 aromatic rings. The molecule has 260 valence electrons. The van der Waals surface area contributed by atoms with Gasteiger partial charge in [-0.2, -0.15) is 0 Å². The first-order chi connectivity index (χ1) is 24.9. The molecule has 1 saturated carbocycles. The predicted molar refractivity (Wildman–Crippen MR) is 187 cm³/mol. The van der Waals surface area contributed by atoms with Crippen LogP contribution >= 0.6 is 23.2 Å². The Hall–Kier alpha value is -5.39. The zero-order chi connectivity index (χ0) is 36.3. The third kappa shape index (κ3) is 4.35. The molecule has 0 spiro atoms. The number of hydrogen-bond donors (Lipinski definition) is 1. The largest absolute Gasteiger partial charge is 0.505 e. The lowest BCUT2D eigenvalue weighted by Crippen LogP contribution is -2.60. The van der Waals surface area contributed by atoms with Crippen molar-refractivity contribution in [2.45, 2.75) is 28.5 Å². The van der Waals surface area contributed by atoms with Gasteiger partial charge in [0.25, 0.3) is 11.8 Å². The Bertz CT molecular complexity index is 2380. The van der Waals surface area contributed by atoms with Crippen LogP contribution in [0.3, 0.4) is 0 Å². The van der Waals surface area contributed by atoms with Crippen molar-refractivity contribution in [3.8, 4) is 17.2 Å². The number of phenolic OH excluding ortho intramolecular Hbond substituents is 1. The van der Waals surface area contributed by atoms with Crippen molar-refractivity contribution in [2.24, 2.45) is 17.8 Å². The Morgan fingerprint density at radius 1 is 0.808 bits per heavy atom. The van der Waals surface area contributed by atoms with Crippen molar-refractivity contribution in [3.63, 3.8) is 0 Å². The van der Waals surface area contributed by atoms with Crippen LogP contribution in [0.2, 0.25) is 0 Å². The minimum atomic E-state index is -2.23. The van der Waals surface area contributed by atoms with Gasteiger partial charge in [0.05, 0.1) is 23.2 Å². The third-order valence-corrected chi connectivity index (χ3v) is 12.3. The number of fused-ring (bicyclic) bond motifs is 5. The monoisotopic (exact) mass is 739 g/mol. The molecular formula is C39H25Cl2F2N3O6. The van der Waals surface area contributed by atoms with Gasteiger partial charge < -0.3 is 9.52 Å². The molecule has 1 aromatic heterocycles. The number of allylic oxidation sites excluding steroid dienone is 2. The van der Waals surface area contributed by atoms with E-state index in [2.05, 4.69) is 4.98 Å². The summed E-state index contributed by atoms with van der Waals surface area (Å²) < 4.78 is 34.7.